The van der Waals surface area contributed by atoms with Crippen molar-refractivity contribution in [3.05, 3.63) is 52.9 Å². The Balaban J connectivity index is 1.89. The van der Waals surface area contributed by atoms with E-state index < -0.39 is 0 Å². The Morgan fingerprint density at radius 1 is 1.30 bits per heavy atom. The minimum Gasteiger partial charge on any atom is -0.369 e. The van der Waals surface area contributed by atoms with E-state index in [9.17, 15) is 4.39 Å². The molecule has 20 heavy (non-hydrogen) atoms. The Bertz CT molecular complexity index is 769. The van der Waals surface area contributed by atoms with Crippen molar-refractivity contribution >= 4 is 28.7 Å². The first-order chi connectivity index (χ1) is 9.63. The predicted molar refractivity (Wildman–Crippen MR) is 77.1 cm³/mol. The molecule has 2 heterocycles. The van der Waals surface area contributed by atoms with Gasteiger partial charge in [-0.1, -0.05) is 23.7 Å². The molecule has 102 valence electrons. The summed E-state index contributed by atoms with van der Waals surface area (Å²) in [5.74, 6) is 0.141. The van der Waals surface area contributed by atoms with Gasteiger partial charge < -0.3 is 5.73 Å². The topological polar surface area (TPSA) is 56.7 Å². The summed E-state index contributed by atoms with van der Waals surface area (Å²) in [5.41, 5.74) is 8.14. The van der Waals surface area contributed by atoms with Crippen LogP contribution in [0.5, 0.6) is 0 Å². The molecular weight excluding hydrogens is 279 g/mol. The average molecular weight is 291 g/mol. The van der Waals surface area contributed by atoms with Gasteiger partial charge in [0, 0.05) is 12.7 Å². The molecule has 0 bridgehead atoms. The summed E-state index contributed by atoms with van der Waals surface area (Å²) in [6.07, 6.45) is 2.21. The van der Waals surface area contributed by atoms with E-state index in [0.29, 0.717) is 35.1 Å². The number of fused-ring (bicyclic) bond motifs is 1. The number of nitrogen functional groups attached to an aromatic ring is 1. The second-order valence-corrected chi connectivity index (χ2v) is 4.93. The average Bonchev–Trinajstić information content (AvgIpc) is 2.71. The van der Waals surface area contributed by atoms with E-state index in [1.807, 2.05) is 6.07 Å². The van der Waals surface area contributed by atoms with Crippen molar-refractivity contribution in [3.63, 3.8) is 0 Å². The van der Waals surface area contributed by atoms with Crippen LogP contribution < -0.4 is 5.73 Å². The van der Waals surface area contributed by atoms with Crippen molar-refractivity contribution in [2.75, 3.05) is 5.73 Å². The first kappa shape index (κ1) is 12.9. The zero-order chi connectivity index (χ0) is 14.1. The van der Waals surface area contributed by atoms with E-state index in [-0.39, 0.29) is 5.82 Å². The minimum atomic E-state index is -0.240. The third kappa shape index (κ3) is 2.44. The Morgan fingerprint density at radius 3 is 2.95 bits per heavy atom. The molecule has 0 spiro atoms. The standard InChI is InChI=1S/C14H12ClFN4/c15-10-7-12-13(18-8-10)20(14(17)19-12)5-4-9-2-1-3-11(16)6-9/h1-3,6-8H,4-5H2,(H2,17,19). The van der Waals surface area contributed by atoms with Gasteiger partial charge in [0.2, 0.25) is 5.95 Å². The summed E-state index contributed by atoms with van der Waals surface area (Å²) in [4.78, 5) is 8.47. The van der Waals surface area contributed by atoms with Crippen molar-refractivity contribution in [3.8, 4) is 0 Å². The summed E-state index contributed by atoms with van der Waals surface area (Å²) >= 11 is 5.88. The van der Waals surface area contributed by atoms with E-state index in [0.717, 1.165) is 5.56 Å². The summed E-state index contributed by atoms with van der Waals surface area (Å²) in [5, 5.41) is 0.521. The van der Waals surface area contributed by atoms with Crippen LogP contribution in [-0.4, -0.2) is 14.5 Å². The molecular formula is C14H12ClFN4. The Labute approximate surface area is 120 Å². The summed E-state index contributed by atoms with van der Waals surface area (Å²) in [7, 11) is 0. The van der Waals surface area contributed by atoms with Crippen LogP contribution >= 0.6 is 11.6 Å². The molecule has 0 aliphatic carbocycles. The highest BCUT2D eigenvalue weighted by Gasteiger charge is 2.10. The molecule has 1 aromatic carbocycles. The van der Waals surface area contributed by atoms with Crippen LogP contribution in [0.2, 0.25) is 5.02 Å². The first-order valence-corrected chi connectivity index (χ1v) is 6.53. The number of pyridine rings is 1. The zero-order valence-corrected chi connectivity index (χ0v) is 11.3. The second kappa shape index (κ2) is 5.09. The van der Waals surface area contributed by atoms with E-state index in [1.165, 1.54) is 12.1 Å². The van der Waals surface area contributed by atoms with Gasteiger partial charge in [0.1, 0.15) is 11.3 Å². The molecule has 6 heteroatoms. The molecule has 0 aliphatic heterocycles. The van der Waals surface area contributed by atoms with Gasteiger partial charge in [0.15, 0.2) is 5.65 Å². The maximum Gasteiger partial charge on any atom is 0.202 e. The van der Waals surface area contributed by atoms with Crippen LogP contribution in [-0.2, 0) is 13.0 Å². The first-order valence-electron chi connectivity index (χ1n) is 6.15. The molecule has 4 nitrogen and oxygen atoms in total. The van der Waals surface area contributed by atoms with Gasteiger partial charge in [-0.15, -0.1) is 0 Å². The van der Waals surface area contributed by atoms with Crippen LogP contribution in [0, 0.1) is 5.82 Å². The molecule has 0 unspecified atom stereocenters. The largest absolute Gasteiger partial charge is 0.369 e. The maximum atomic E-state index is 13.1. The lowest BCUT2D eigenvalue weighted by molar-refractivity contribution is 0.622. The third-order valence-electron chi connectivity index (χ3n) is 3.09. The molecule has 0 aliphatic rings. The molecule has 0 saturated heterocycles. The number of hydrogen-bond donors (Lipinski definition) is 1. The van der Waals surface area contributed by atoms with E-state index in [2.05, 4.69) is 9.97 Å². The molecule has 0 saturated carbocycles. The SMILES string of the molecule is Nc1nc2cc(Cl)cnc2n1CCc1cccc(F)c1. The van der Waals surface area contributed by atoms with Crippen LogP contribution in [0.25, 0.3) is 11.2 Å². The van der Waals surface area contributed by atoms with Crippen LogP contribution in [0.1, 0.15) is 5.56 Å². The van der Waals surface area contributed by atoms with Gasteiger partial charge in [0.25, 0.3) is 0 Å². The van der Waals surface area contributed by atoms with Gasteiger partial charge in [-0.25, -0.2) is 14.4 Å². The van der Waals surface area contributed by atoms with Crippen molar-refractivity contribution in [2.24, 2.45) is 0 Å². The molecule has 0 radical (unpaired) electrons. The highest BCUT2D eigenvalue weighted by atomic mass is 35.5. The minimum absolute atomic E-state index is 0.240. The third-order valence-corrected chi connectivity index (χ3v) is 3.30. The Hall–Kier alpha value is -2.14. The Kier molecular flexibility index (Phi) is 3.28. The fraction of sp³-hybridized carbons (Fsp3) is 0.143. The fourth-order valence-electron chi connectivity index (χ4n) is 2.16. The monoisotopic (exact) mass is 290 g/mol. The zero-order valence-electron chi connectivity index (χ0n) is 10.6. The lowest BCUT2D eigenvalue weighted by Gasteiger charge is -2.06. The highest BCUT2D eigenvalue weighted by Crippen LogP contribution is 2.19. The number of aromatic nitrogens is 3. The van der Waals surface area contributed by atoms with Gasteiger partial charge in [-0.05, 0) is 30.2 Å². The van der Waals surface area contributed by atoms with E-state index >= 15 is 0 Å². The normalized spacial score (nSPS) is 11.1. The van der Waals surface area contributed by atoms with E-state index in [1.54, 1.807) is 22.9 Å². The molecule has 0 amide bonds. The van der Waals surface area contributed by atoms with Crippen LogP contribution in [0.15, 0.2) is 36.5 Å². The number of nitrogens with zero attached hydrogens (tertiary/aromatic N) is 3. The molecule has 0 fully saturated rings. The lowest BCUT2D eigenvalue weighted by atomic mass is 10.1. The molecule has 3 aromatic rings. The maximum absolute atomic E-state index is 13.1. The quantitative estimate of drug-likeness (QED) is 0.806. The summed E-state index contributed by atoms with van der Waals surface area (Å²) in [6.45, 7) is 0.584. The molecule has 2 N–H and O–H groups in total. The van der Waals surface area contributed by atoms with Crippen molar-refractivity contribution in [1.29, 1.82) is 0 Å². The number of hydrogen-bond acceptors (Lipinski definition) is 3. The summed E-state index contributed by atoms with van der Waals surface area (Å²) in [6, 6.07) is 8.23. The predicted octanol–water partition coefficient (Wildman–Crippen LogP) is 3.05. The second-order valence-electron chi connectivity index (χ2n) is 4.50. The number of imidazole rings is 1. The van der Waals surface area contributed by atoms with Crippen molar-refractivity contribution in [2.45, 2.75) is 13.0 Å². The van der Waals surface area contributed by atoms with E-state index in [4.69, 9.17) is 17.3 Å². The number of aryl methyl sites for hydroxylation is 2. The number of rotatable bonds is 3. The van der Waals surface area contributed by atoms with Crippen LogP contribution in [0.3, 0.4) is 0 Å². The van der Waals surface area contributed by atoms with Crippen molar-refractivity contribution < 1.29 is 4.39 Å². The van der Waals surface area contributed by atoms with Gasteiger partial charge >= 0.3 is 0 Å². The smallest absolute Gasteiger partial charge is 0.202 e. The fourth-order valence-corrected chi connectivity index (χ4v) is 2.31. The molecule has 3 rings (SSSR count). The molecule has 2 aromatic heterocycles. The highest BCUT2D eigenvalue weighted by molar-refractivity contribution is 6.31. The van der Waals surface area contributed by atoms with Crippen molar-refractivity contribution in [1.82, 2.24) is 14.5 Å². The Morgan fingerprint density at radius 2 is 2.15 bits per heavy atom. The molecule has 0 atom stereocenters. The summed E-state index contributed by atoms with van der Waals surface area (Å²) < 4.78 is 14.9. The van der Waals surface area contributed by atoms with Crippen LogP contribution in [0.4, 0.5) is 10.3 Å². The van der Waals surface area contributed by atoms with Gasteiger partial charge in [-0.3, -0.25) is 4.57 Å². The van der Waals surface area contributed by atoms with Gasteiger partial charge in [-0.2, -0.15) is 0 Å². The number of benzene rings is 1. The van der Waals surface area contributed by atoms with Gasteiger partial charge in [0.05, 0.1) is 5.02 Å². The lowest BCUT2D eigenvalue weighted by Crippen LogP contribution is -2.06. The number of anilines is 1. The number of halogens is 2. The number of nitrogens with two attached hydrogens (primary N) is 1.